The summed E-state index contributed by atoms with van der Waals surface area (Å²) in [5.74, 6) is -0.990. The Morgan fingerprint density at radius 1 is 1.30 bits per heavy atom. The first-order valence-electron chi connectivity index (χ1n) is 6.08. The zero-order chi connectivity index (χ0) is 14.6. The normalized spacial score (nSPS) is 19.4. The molecule has 1 unspecified atom stereocenters. The average Bonchev–Trinajstić information content (AvgIpc) is 2.45. The predicted molar refractivity (Wildman–Crippen MR) is 64.7 cm³/mol. The van der Waals surface area contributed by atoms with Gasteiger partial charge in [-0.3, -0.25) is 0 Å². The van der Waals surface area contributed by atoms with Gasteiger partial charge in [0.15, 0.2) is 6.10 Å². The Kier molecular flexibility index (Phi) is 4.44. The van der Waals surface area contributed by atoms with E-state index >= 15 is 0 Å². The van der Waals surface area contributed by atoms with Crippen LogP contribution in [0.25, 0.3) is 0 Å². The van der Waals surface area contributed by atoms with E-state index in [4.69, 9.17) is 4.74 Å². The minimum absolute atomic E-state index is 0.0559. The first-order chi connectivity index (χ1) is 9.48. The molecule has 1 aliphatic rings. The van der Waals surface area contributed by atoms with Gasteiger partial charge in [-0.25, -0.2) is 4.79 Å². The molecule has 0 fully saturated rings. The van der Waals surface area contributed by atoms with Gasteiger partial charge < -0.3 is 9.47 Å². The fourth-order valence-corrected chi connectivity index (χ4v) is 1.86. The molecule has 1 heterocycles. The first kappa shape index (κ1) is 14.6. The molecular formula is C14H13F3O3. The highest BCUT2D eigenvalue weighted by atomic mass is 19.4. The van der Waals surface area contributed by atoms with E-state index in [0.717, 1.165) is 0 Å². The molecule has 0 aromatic heterocycles. The lowest BCUT2D eigenvalue weighted by Gasteiger charge is -2.25. The maximum atomic E-state index is 12.7. The van der Waals surface area contributed by atoms with E-state index in [2.05, 4.69) is 4.74 Å². The van der Waals surface area contributed by atoms with Crippen LogP contribution in [-0.2, 0) is 20.9 Å². The molecule has 1 atom stereocenters. The molecule has 1 aromatic carbocycles. The minimum Gasteiger partial charge on any atom is -0.457 e. The Hall–Kier alpha value is -1.82. The number of ether oxygens (including phenoxy) is 2. The van der Waals surface area contributed by atoms with E-state index in [1.54, 1.807) is 30.3 Å². The van der Waals surface area contributed by atoms with Crippen LogP contribution < -0.4 is 0 Å². The molecule has 0 saturated heterocycles. The van der Waals surface area contributed by atoms with E-state index in [-0.39, 0.29) is 19.6 Å². The number of alkyl halides is 3. The number of carbonyl (C=O) groups excluding carboxylic acids is 1. The molecule has 0 N–H and O–H groups in total. The van der Waals surface area contributed by atoms with Gasteiger partial charge in [0.05, 0.1) is 12.2 Å². The van der Waals surface area contributed by atoms with Crippen LogP contribution in [0.15, 0.2) is 42.0 Å². The Bertz CT molecular complexity index is 494. The van der Waals surface area contributed by atoms with Crippen molar-refractivity contribution in [2.45, 2.75) is 25.3 Å². The maximum absolute atomic E-state index is 12.7. The summed E-state index contributed by atoms with van der Waals surface area (Å²) in [5, 5.41) is 0. The van der Waals surface area contributed by atoms with Crippen LogP contribution >= 0.6 is 0 Å². The van der Waals surface area contributed by atoms with Gasteiger partial charge in [-0.15, -0.1) is 0 Å². The van der Waals surface area contributed by atoms with Gasteiger partial charge in [-0.1, -0.05) is 36.4 Å². The number of halogens is 3. The number of benzene rings is 1. The Morgan fingerprint density at radius 3 is 2.65 bits per heavy atom. The fraction of sp³-hybridized carbons (Fsp3) is 0.357. The molecule has 3 nitrogen and oxygen atoms in total. The summed E-state index contributed by atoms with van der Waals surface area (Å²) in [5.41, 5.74) is 0.237. The quantitative estimate of drug-likeness (QED) is 0.801. The second-order valence-corrected chi connectivity index (χ2v) is 4.30. The average molecular weight is 286 g/mol. The second kappa shape index (κ2) is 6.09. The summed E-state index contributed by atoms with van der Waals surface area (Å²) in [6, 6.07) is 8.75. The molecule has 0 spiro atoms. The SMILES string of the molecule is O=C(OCc1ccccc1)C1=CCCOC1C(F)(F)F. The van der Waals surface area contributed by atoms with E-state index in [9.17, 15) is 18.0 Å². The fourth-order valence-electron chi connectivity index (χ4n) is 1.86. The van der Waals surface area contributed by atoms with Crippen molar-refractivity contribution in [3.05, 3.63) is 47.5 Å². The van der Waals surface area contributed by atoms with Crippen LogP contribution in [0.3, 0.4) is 0 Å². The van der Waals surface area contributed by atoms with Crippen molar-refractivity contribution in [2.75, 3.05) is 6.61 Å². The highest BCUT2D eigenvalue weighted by Crippen LogP contribution is 2.31. The van der Waals surface area contributed by atoms with Crippen molar-refractivity contribution in [2.24, 2.45) is 0 Å². The number of rotatable bonds is 3. The van der Waals surface area contributed by atoms with Gasteiger partial charge in [0.2, 0.25) is 0 Å². The summed E-state index contributed by atoms with van der Waals surface area (Å²) < 4.78 is 47.8. The lowest BCUT2D eigenvalue weighted by Crippen LogP contribution is -2.39. The van der Waals surface area contributed by atoms with E-state index in [1.807, 2.05) is 0 Å². The molecule has 0 radical (unpaired) electrons. The number of esters is 1. The molecule has 0 amide bonds. The Labute approximate surface area is 114 Å². The predicted octanol–water partition coefficient (Wildman–Crippen LogP) is 3.01. The summed E-state index contributed by atoms with van der Waals surface area (Å²) >= 11 is 0. The molecule has 0 bridgehead atoms. The number of hydrogen-bond acceptors (Lipinski definition) is 3. The third-order valence-corrected chi connectivity index (χ3v) is 2.79. The van der Waals surface area contributed by atoms with Crippen molar-refractivity contribution < 1.29 is 27.4 Å². The summed E-state index contributed by atoms with van der Waals surface area (Å²) in [7, 11) is 0. The molecule has 0 saturated carbocycles. The van der Waals surface area contributed by atoms with Gasteiger partial charge in [-0.05, 0) is 12.0 Å². The Morgan fingerprint density at radius 2 is 2.00 bits per heavy atom. The largest absolute Gasteiger partial charge is 0.457 e. The standard InChI is InChI=1S/C14H13F3O3/c15-14(16,17)12-11(7-4-8-19-12)13(18)20-9-10-5-2-1-3-6-10/h1-3,5-7,12H,4,8-9H2. The zero-order valence-corrected chi connectivity index (χ0v) is 10.5. The van der Waals surface area contributed by atoms with Crippen molar-refractivity contribution in [3.63, 3.8) is 0 Å². The van der Waals surface area contributed by atoms with Crippen molar-refractivity contribution >= 4 is 5.97 Å². The van der Waals surface area contributed by atoms with Crippen LogP contribution in [0.2, 0.25) is 0 Å². The maximum Gasteiger partial charge on any atom is 0.419 e. The van der Waals surface area contributed by atoms with Gasteiger partial charge in [0.25, 0.3) is 0 Å². The molecule has 20 heavy (non-hydrogen) atoms. The van der Waals surface area contributed by atoms with E-state index < -0.39 is 23.8 Å². The van der Waals surface area contributed by atoms with Crippen LogP contribution in [0.4, 0.5) is 13.2 Å². The monoisotopic (exact) mass is 286 g/mol. The van der Waals surface area contributed by atoms with E-state index in [1.165, 1.54) is 6.08 Å². The molecule has 6 heteroatoms. The van der Waals surface area contributed by atoms with Crippen LogP contribution in [0.1, 0.15) is 12.0 Å². The first-order valence-corrected chi connectivity index (χ1v) is 6.08. The minimum atomic E-state index is -4.61. The summed E-state index contributed by atoms with van der Waals surface area (Å²) in [6.45, 7) is -0.124. The van der Waals surface area contributed by atoms with Crippen LogP contribution in [0, 0.1) is 0 Å². The van der Waals surface area contributed by atoms with Crippen LogP contribution in [0.5, 0.6) is 0 Å². The molecule has 0 aliphatic carbocycles. The van der Waals surface area contributed by atoms with Gasteiger partial charge in [0, 0.05) is 0 Å². The molecular weight excluding hydrogens is 273 g/mol. The van der Waals surface area contributed by atoms with Crippen molar-refractivity contribution in [1.29, 1.82) is 0 Å². The molecule has 1 aliphatic heterocycles. The number of hydrogen-bond donors (Lipinski definition) is 0. The third-order valence-electron chi connectivity index (χ3n) is 2.79. The molecule has 2 rings (SSSR count). The highest BCUT2D eigenvalue weighted by Gasteiger charge is 2.46. The van der Waals surface area contributed by atoms with Crippen molar-refractivity contribution in [3.8, 4) is 0 Å². The topological polar surface area (TPSA) is 35.5 Å². The lowest BCUT2D eigenvalue weighted by atomic mass is 10.1. The molecule has 108 valence electrons. The number of carbonyl (C=O) groups is 1. The van der Waals surface area contributed by atoms with Gasteiger partial charge in [0.1, 0.15) is 6.61 Å². The smallest absolute Gasteiger partial charge is 0.419 e. The Balaban J connectivity index is 2.02. The zero-order valence-electron chi connectivity index (χ0n) is 10.5. The lowest BCUT2D eigenvalue weighted by molar-refractivity contribution is -0.212. The van der Waals surface area contributed by atoms with E-state index in [0.29, 0.717) is 5.56 Å². The second-order valence-electron chi connectivity index (χ2n) is 4.30. The summed E-state index contributed by atoms with van der Waals surface area (Å²) in [6.07, 6.45) is -5.31. The van der Waals surface area contributed by atoms with Crippen LogP contribution in [-0.4, -0.2) is 24.9 Å². The summed E-state index contributed by atoms with van der Waals surface area (Å²) in [4.78, 5) is 11.8. The van der Waals surface area contributed by atoms with Gasteiger partial charge >= 0.3 is 12.1 Å². The molecule has 1 aromatic rings. The third kappa shape index (κ3) is 3.60. The van der Waals surface area contributed by atoms with Crippen molar-refractivity contribution in [1.82, 2.24) is 0 Å². The van der Waals surface area contributed by atoms with Gasteiger partial charge in [-0.2, -0.15) is 13.2 Å². The highest BCUT2D eigenvalue weighted by molar-refractivity contribution is 5.90.